The molecule has 20 heavy (non-hydrogen) atoms. The second kappa shape index (κ2) is 5.64. The Morgan fingerprint density at radius 3 is 2.55 bits per heavy atom. The Morgan fingerprint density at radius 2 is 2.05 bits per heavy atom. The van der Waals surface area contributed by atoms with Crippen molar-refractivity contribution < 1.29 is 8.42 Å². The van der Waals surface area contributed by atoms with Crippen LogP contribution in [0.1, 0.15) is 24.5 Å². The summed E-state index contributed by atoms with van der Waals surface area (Å²) in [6.45, 7) is 4.76. The van der Waals surface area contributed by atoms with E-state index in [0.29, 0.717) is 29.0 Å². The Hall–Kier alpha value is -0.620. The minimum Gasteiger partial charge on any atom is -0.326 e. The molecule has 2 N–H and O–H groups in total. The number of halogens is 1. The molecular weight excluding hydrogens is 296 g/mol. The zero-order chi connectivity index (χ0) is 15.1. The van der Waals surface area contributed by atoms with Crippen LogP contribution < -0.4 is 5.73 Å². The van der Waals surface area contributed by atoms with Gasteiger partial charge in [-0.15, -0.1) is 0 Å². The normalized spacial score (nSPS) is 22.3. The van der Waals surface area contributed by atoms with Crippen molar-refractivity contribution in [2.24, 2.45) is 17.6 Å². The Bertz CT molecular complexity index is 616. The van der Waals surface area contributed by atoms with Crippen LogP contribution in [-0.4, -0.2) is 26.3 Å². The van der Waals surface area contributed by atoms with E-state index in [1.807, 2.05) is 0 Å². The number of hydrogen-bond donors (Lipinski definition) is 1. The van der Waals surface area contributed by atoms with Crippen LogP contribution in [0.4, 0.5) is 0 Å². The zero-order valence-corrected chi connectivity index (χ0v) is 13.6. The van der Waals surface area contributed by atoms with Crippen molar-refractivity contribution in [2.45, 2.75) is 31.7 Å². The molecule has 1 aromatic rings. The van der Waals surface area contributed by atoms with Crippen molar-refractivity contribution in [2.75, 3.05) is 13.6 Å². The van der Waals surface area contributed by atoms with Crippen LogP contribution in [0.5, 0.6) is 0 Å². The van der Waals surface area contributed by atoms with Gasteiger partial charge in [0.15, 0.2) is 0 Å². The number of hydrogen-bond acceptors (Lipinski definition) is 3. The maximum Gasteiger partial charge on any atom is 0.243 e. The SMILES string of the molecule is Cc1c(CN)cc(Cl)cc1S(=O)(=O)N(C)CC1CC1C. The molecule has 0 spiro atoms. The molecule has 1 saturated carbocycles. The van der Waals surface area contributed by atoms with Gasteiger partial charge < -0.3 is 5.73 Å². The van der Waals surface area contributed by atoms with E-state index < -0.39 is 10.0 Å². The summed E-state index contributed by atoms with van der Waals surface area (Å²) in [7, 11) is -1.88. The third kappa shape index (κ3) is 3.01. The fraction of sp³-hybridized carbons (Fsp3) is 0.571. The van der Waals surface area contributed by atoms with Crippen molar-refractivity contribution in [3.05, 3.63) is 28.3 Å². The first-order chi connectivity index (χ1) is 9.27. The molecule has 2 rings (SSSR count). The number of nitrogens with zero attached hydrogens (tertiary/aromatic N) is 1. The van der Waals surface area contributed by atoms with Gasteiger partial charge in [-0.3, -0.25) is 0 Å². The molecule has 4 nitrogen and oxygen atoms in total. The summed E-state index contributed by atoms with van der Waals surface area (Å²) in [6, 6.07) is 3.23. The lowest BCUT2D eigenvalue weighted by molar-refractivity contribution is 0.444. The first kappa shape index (κ1) is 15.8. The molecule has 2 atom stereocenters. The predicted octanol–water partition coefficient (Wildman–Crippen LogP) is 2.38. The van der Waals surface area contributed by atoms with E-state index in [0.717, 1.165) is 12.0 Å². The summed E-state index contributed by atoms with van der Waals surface area (Å²) >= 11 is 6.01. The molecule has 112 valence electrons. The maximum absolute atomic E-state index is 12.7. The molecule has 0 aliphatic heterocycles. The van der Waals surface area contributed by atoms with Crippen molar-refractivity contribution in [1.29, 1.82) is 0 Å². The second-order valence-corrected chi connectivity index (χ2v) is 8.10. The highest BCUT2D eigenvalue weighted by Gasteiger charge is 2.36. The monoisotopic (exact) mass is 316 g/mol. The van der Waals surface area contributed by atoms with E-state index in [9.17, 15) is 8.42 Å². The molecule has 0 radical (unpaired) electrons. The van der Waals surface area contributed by atoms with Crippen LogP contribution in [0, 0.1) is 18.8 Å². The van der Waals surface area contributed by atoms with Gasteiger partial charge in [0.1, 0.15) is 0 Å². The van der Waals surface area contributed by atoms with Gasteiger partial charge in [0.25, 0.3) is 0 Å². The second-order valence-electron chi connectivity index (χ2n) is 5.65. The third-order valence-electron chi connectivity index (χ3n) is 4.11. The van der Waals surface area contributed by atoms with E-state index in [1.54, 1.807) is 20.0 Å². The topological polar surface area (TPSA) is 63.4 Å². The summed E-state index contributed by atoms with van der Waals surface area (Å²) in [5.41, 5.74) is 7.11. The molecule has 0 saturated heterocycles. The Morgan fingerprint density at radius 1 is 1.45 bits per heavy atom. The van der Waals surface area contributed by atoms with Gasteiger partial charge in [0.2, 0.25) is 10.0 Å². The van der Waals surface area contributed by atoms with Crippen LogP contribution >= 0.6 is 11.6 Å². The van der Waals surface area contributed by atoms with E-state index in [1.165, 1.54) is 10.4 Å². The largest absolute Gasteiger partial charge is 0.326 e. The third-order valence-corrected chi connectivity index (χ3v) is 6.28. The van der Waals surface area contributed by atoms with Gasteiger partial charge in [-0.05, 0) is 48.4 Å². The van der Waals surface area contributed by atoms with Crippen LogP contribution in [0.25, 0.3) is 0 Å². The smallest absolute Gasteiger partial charge is 0.243 e. The van der Waals surface area contributed by atoms with Crippen molar-refractivity contribution in [3.8, 4) is 0 Å². The molecule has 0 amide bonds. The molecule has 1 aromatic carbocycles. The summed E-state index contributed by atoms with van der Waals surface area (Å²) in [5, 5.41) is 0.405. The zero-order valence-electron chi connectivity index (χ0n) is 12.1. The number of nitrogens with two attached hydrogens (primary N) is 1. The molecule has 1 aliphatic carbocycles. The number of sulfonamides is 1. The molecule has 2 unspecified atom stereocenters. The summed E-state index contributed by atoms with van der Waals surface area (Å²) in [4.78, 5) is 0.265. The molecule has 0 aromatic heterocycles. The molecule has 1 fully saturated rings. The van der Waals surface area contributed by atoms with Crippen LogP contribution in [0.15, 0.2) is 17.0 Å². The van der Waals surface area contributed by atoms with Gasteiger partial charge in [0.05, 0.1) is 4.90 Å². The standard InChI is InChI=1S/C14H21ClN2O2S/c1-9-4-12(9)8-17(3)20(18,19)14-6-13(15)5-11(7-16)10(14)2/h5-6,9,12H,4,7-8,16H2,1-3H3. The lowest BCUT2D eigenvalue weighted by Gasteiger charge is -2.20. The highest BCUT2D eigenvalue weighted by Crippen LogP contribution is 2.39. The van der Waals surface area contributed by atoms with Crippen LogP contribution in [-0.2, 0) is 16.6 Å². The van der Waals surface area contributed by atoms with E-state index in [4.69, 9.17) is 17.3 Å². The lowest BCUT2D eigenvalue weighted by Crippen LogP contribution is -2.30. The van der Waals surface area contributed by atoms with Gasteiger partial charge >= 0.3 is 0 Å². The number of rotatable bonds is 5. The molecular formula is C14H21ClN2O2S. The quantitative estimate of drug-likeness (QED) is 0.907. The fourth-order valence-corrected chi connectivity index (χ4v) is 4.26. The average molecular weight is 317 g/mol. The molecule has 0 heterocycles. The Balaban J connectivity index is 2.35. The Kier molecular flexibility index (Phi) is 4.44. The average Bonchev–Trinajstić information content (AvgIpc) is 3.07. The summed E-state index contributed by atoms with van der Waals surface area (Å²) < 4.78 is 26.8. The first-order valence-electron chi connectivity index (χ1n) is 6.72. The fourth-order valence-electron chi connectivity index (χ4n) is 2.44. The van der Waals surface area contributed by atoms with E-state index >= 15 is 0 Å². The predicted molar refractivity (Wildman–Crippen MR) is 81.2 cm³/mol. The van der Waals surface area contributed by atoms with Gasteiger partial charge in [-0.2, -0.15) is 0 Å². The van der Waals surface area contributed by atoms with Gasteiger partial charge in [-0.25, -0.2) is 12.7 Å². The summed E-state index contributed by atoms with van der Waals surface area (Å²) in [5.74, 6) is 1.09. The Labute approximate surface area is 126 Å². The van der Waals surface area contributed by atoms with Crippen LogP contribution in [0.3, 0.4) is 0 Å². The van der Waals surface area contributed by atoms with E-state index in [-0.39, 0.29) is 11.4 Å². The van der Waals surface area contributed by atoms with Crippen molar-refractivity contribution >= 4 is 21.6 Å². The van der Waals surface area contributed by atoms with Gasteiger partial charge in [-0.1, -0.05) is 18.5 Å². The highest BCUT2D eigenvalue weighted by atomic mass is 35.5. The maximum atomic E-state index is 12.7. The molecule has 0 bridgehead atoms. The lowest BCUT2D eigenvalue weighted by atomic mass is 10.1. The first-order valence-corrected chi connectivity index (χ1v) is 8.54. The highest BCUT2D eigenvalue weighted by molar-refractivity contribution is 7.89. The van der Waals surface area contributed by atoms with Crippen LogP contribution in [0.2, 0.25) is 5.02 Å². The minimum atomic E-state index is -3.51. The van der Waals surface area contributed by atoms with Crippen molar-refractivity contribution in [3.63, 3.8) is 0 Å². The van der Waals surface area contributed by atoms with E-state index in [2.05, 4.69) is 6.92 Å². The molecule has 1 aliphatic rings. The number of benzene rings is 1. The van der Waals surface area contributed by atoms with Crippen molar-refractivity contribution in [1.82, 2.24) is 4.31 Å². The van der Waals surface area contributed by atoms with Gasteiger partial charge in [0, 0.05) is 25.2 Å². The summed E-state index contributed by atoms with van der Waals surface area (Å²) in [6.07, 6.45) is 1.10. The minimum absolute atomic E-state index is 0.265. The molecule has 6 heteroatoms.